The molecule has 1 rings (SSSR count). The fourth-order valence-corrected chi connectivity index (χ4v) is 1.51. The van der Waals surface area contributed by atoms with Crippen LogP contribution in [-0.4, -0.2) is 0 Å². The van der Waals surface area contributed by atoms with Crippen molar-refractivity contribution in [3.05, 3.63) is 39.4 Å². The predicted octanol–water partition coefficient (Wildman–Crippen LogP) is 5.36. The molecule has 0 aliphatic rings. The van der Waals surface area contributed by atoms with E-state index in [4.69, 9.17) is 34.8 Å². The van der Waals surface area contributed by atoms with Gasteiger partial charge in [-0.15, -0.1) is 0 Å². The molecule has 0 radical (unpaired) electrons. The van der Waals surface area contributed by atoms with E-state index in [1.54, 1.807) is 0 Å². The third-order valence-electron chi connectivity index (χ3n) is 1.82. The van der Waals surface area contributed by atoms with Crippen LogP contribution in [0, 0.1) is 6.92 Å². The molecule has 0 fully saturated rings. The Morgan fingerprint density at radius 1 is 1.06 bits per heavy atom. The highest BCUT2D eigenvalue weighted by Crippen LogP contribution is 2.34. The summed E-state index contributed by atoms with van der Waals surface area (Å²) in [5, 5.41) is -0.0995. The fraction of sp³-hybridized carbons (Fsp3) is 0.200. The molecule has 0 spiro atoms. The molecule has 0 aliphatic carbocycles. The van der Waals surface area contributed by atoms with E-state index in [1.807, 2.05) is 0 Å². The van der Waals surface area contributed by atoms with Crippen LogP contribution in [0.4, 0.5) is 13.2 Å². The zero-order chi connectivity index (χ0) is 12.5. The average Bonchev–Trinajstić information content (AvgIpc) is 2.14. The van der Waals surface area contributed by atoms with Crippen LogP contribution in [0.15, 0.2) is 22.7 Å². The first-order chi connectivity index (χ1) is 7.21. The first kappa shape index (κ1) is 13.7. The smallest absolute Gasteiger partial charge is 0.166 e. The van der Waals surface area contributed by atoms with E-state index in [-0.39, 0.29) is 15.1 Å². The Morgan fingerprint density at radius 2 is 1.62 bits per heavy atom. The summed E-state index contributed by atoms with van der Waals surface area (Å²) in [7, 11) is 0. The molecule has 0 aromatic heterocycles. The maximum Gasteiger partial charge on any atom is 0.416 e. The normalized spacial score (nSPS) is 11.4. The molecule has 88 valence electrons. The fourth-order valence-electron chi connectivity index (χ4n) is 1.18. The molecular formula is C10H6Cl3F3. The van der Waals surface area contributed by atoms with Crippen molar-refractivity contribution in [3.63, 3.8) is 0 Å². The van der Waals surface area contributed by atoms with Crippen LogP contribution < -0.4 is 0 Å². The number of halogens is 6. The maximum absolute atomic E-state index is 12.5. The third-order valence-corrected chi connectivity index (χ3v) is 2.80. The topological polar surface area (TPSA) is 0 Å². The second kappa shape index (κ2) is 4.86. The Bertz CT molecular complexity index is 431. The number of rotatable bonds is 1. The van der Waals surface area contributed by atoms with Gasteiger partial charge in [0.15, 0.2) is 0 Å². The van der Waals surface area contributed by atoms with Crippen molar-refractivity contribution in [2.24, 2.45) is 0 Å². The zero-order valence-corrected chi connectivity index (χ0v) is 10.3. The highest BCUT2D eigenvalue weighted by atomic mass is 35.5. The lowest BCUT2D eigenvalue weighted by Crippen LogP contribution is -2.05. The largest absolute Gasteiger partial charge is 0.416 e. The SMILES string of the molecule is Cc1cc(C(Cl)=C(Cl)Cl)cc(C(F)(F)F)c1. The van der Waals surface area contributed by atoms with Crippen LogP contribution in [0.1, 0.15) is 16.7 Å². The second-order valence-corrected chi connectivity index (χ2v) is 4.49. The quantitative estimate of drug-likeness (QED) is 0.653. The molecule has 0 amide bonds. The predicted molar refractivity (Wildman–Crippen MR) is 60.7 cm³/mol. The minimum Gasteiger partial charge on any atom is -0.166 e. The molecule has 0 bridgehead atoms. The molecule has 0 heterocycles. The summed E-state index contributed by atoms with van der Waals surface area (Å²) in [4.78, 5) is 0. The first-order valence-electron chi connectivity index (χ1n) is 4.12. The van der Waals surface area contributed by atoms with E-state index >= 15 is 0 Å². The number of hydrogen-bond acceptors (Lipinski definition) is 0. The molecule has 1 aromatic rings. The van der Waals surface area contributed by atoms with Gasteiger partial charge >= 0.3 is 6.18 Å². The molecule has 0 N–H and O–H groups in total. The van der Waals surface area contributed by atoms with Gasteiger partial charge in [0.25, 0.3) is 0 Å². The molecule has 0 unspecified atom stereocenters. The second-order valence-electron chi connectivity index (χ2n) is 3.16. The van der Waals surface area contributed by atoms with E-state index in [1.165, 1.54) is 13.0 Å². The van der Waals surface area contributed by atoms with E-state index in [2.05, 4.69) is 0 Å². The van der Waals surface area contributed by atoms with Gasteiger partial charge in [-0.3, -0.25) is 0 Å². The molecule has 0 saturated heterocycles. The Kier molecular flexibility index (Phi) is 4.16. The van der Waals surface area contributed by atoms with Crippen molar-refractivity contribution in [1.82, 2.24) is 0 Å². The van der Waals surface area contributed by atoms with E-state index in [9.17, 15) is 13.2 Å². The monoisotopic (exact) mass is 288 g/mol. The Morgan fingerprint density at radius 3 is 2.06 bits per heavy atom. The lowest BCUT2D eigenvalue weighted by Gasteiger charge is -2.10. The minimum absolute atomic E-state index is 0.0995. The lowest BCUT2D eigenvalue weighted by atomic mass is 10.1. The standard InChI is InChI=1S/C10H6Cl3F3/c1-5-2-6(8(11)9(12)13)4-7(3-5)10(14,15)16/h2-4H,1H3. The van der Waals surface area contributed by atoms with Crippen LogP contribution in [0.5, 0.6) is 0 Å². The van der Waals surface area contributed by atoms with Gasteiger partial charge in [-0.05, 0) is 30.2 Å². The van der Waals surface area contributed by atoms with Gasteiger partial charge < -0.3 is 0 Å². The van der Waals surface area contributed by atoms with E-state index in [0.717, 1.165) is 12.1 Å². The van der Waals surface area contributed by atoms with E-state index in [0.29, 0.717) is 5.56 Å². The molecule has 0 nitrogen and oxygen atoms in total. The average molecular weight is 290 g/mol. The van der Waals surface area contributed by atoms with Crippen molar-refractivity contribution >= 4 is 39.8 Å². The van der Waals surface area contributed by atoms with Crippen LogP contribution >= 0.6 is 34.8 Å². The molecule has 0 saturated carbocycles. The summed E-state index contributed by atoms with van der Waals surface area (Å²) >= 11 is 16.5. The lowest BCUT2D eigenvalue weighted by molar-refractivity contribution is -0.137. The van der Waals surface area contributed by atoms with Crippen molar-refractivity contribution in [1.29, 1.82) is 0 Å². The van der Waals surface area contributed by atoms with Gasteiger partial charge in [0, 0.05) is 0 Å². The van der Waals surface area contributed by atoms with Crippen molar-refractivity contribution in [2.45, 2.75) is 13.1 Å². The highest BCUT2D eigenvalue weighted by molar-refractivity contribution is 6.66. The van der Waals surface area contributed by atoms with Gasteiger partial charge in [0.05, 0.1) is 10.6 Å². The van der Waals surface area contributed by atoms with Crippen molar-refractivity contribution in [2.75, 3.05) is 0 Å². The van der Waals surface area contributed by atoms with Crippen molar-refractivity contribution in [3.8, 4) is 0 Å². The number of benzene rings is 1. The summed E-state index contributed by atoms with van der Waals surface area (Å²) in [6.45, 7) is 1.53. The first-order valence-corrected chi connectivity index (χ1v) is 5.25. The van der Waals surface area contributed by atoms with Crippen molar-refractivity contribution < 1.29 is 13.2 Å². The molecule has 0 atom stereocenters. The molecule has 16 heavy (non-hydrogen) atoms. The summed E-state index contributed by atoms with van der Waals surface area (Å²) in [5.74, 6) is 0. The van der Waals surface area contributed by atoms with Gasteiger partial charge in [-0.1, -0.05) is 40.9 Å². The molecule has 1 aromatic carbocycles. The summed E-state index contributed by atoms with van der Waals surface area (Å²) < 4.78 is 37.2. The van der Waals surface area contributed by atoms with Crippen LogP contribution in [0.25, 0.3) is 5.03 Å². The van der Waals surface area contributed by atoms with E-state index < -0.39 is 11.7 Å². The van der Waals surface area contributed by atoms with Crippen LogP contribution in [-0.2, 0) is 6.18 Å². The summed E-state index contributed by atoms with van der Waals surface area (Å²) in [6.07, 6.45) is -4.42. The summed E-state index contributed by atoms with van der Waals surface area (Å²) in [6, 6.07) is 3.40. The number of alkyl halides is 3. The highest BCUT2D eigenvalue weighted by Gasteiger charge is 2.31. The van der Waals surface area contributed by atoms with Crippen LogP contribution in [0.3, 0.4) is 0 Å². The van der Waals surface area contributed by atoms with Gasteiger partial charge in [-0.25, -0.2) is 0 Å². The Labute approximate surface area is 106 Å². The minimum atomic E-state index is -4.42. The Balaban J connectivity index is 3.35. The molecule has 6 heteroatoms. The zero-order valence-electron chi connectivity index (χ0n) is 8.00. The Hall–Kier alpha value is -0.380. The number of aryl methyl sites for hydroxylation is 1. The maximum atomic E-state index is 12.5. The molecular weight excluding hydrogens is 283 g/mol. The summed E-state index contributed by atoms with van der Waals surface area (Å²) in [5.41, 5.74) is -0.207. The van der Waals surface area contributed by atoms with Crippen LogP contribution in [0.2, 0.25) is 0 Å². The van der Waals surface area contributed by atoms with Gasteiger partial charge in [0.2, 0.25) is 0 Å². The molecule has 0 aliphatic heterocycles. The van der Waals surface area contributed by atoms with Gasteiger partial charge in [-0.2, -0.15) is 13.2 Å². The number of hydrogen-bond donors (Lipinski definition) is 0. The third kappa shape index (κ3) is 3.30. The van der Waals surface area contributed by atoms with Gasteiger partial charge in [0.1, 0.15) is 4.49 Å².